The summed E-state index contributed by atoms with van der Waals surface area (Å²) < 4.78 is 0. The predicted molar refractivity (Wildman–Crippen MR) is 260 cm³/mol. The van der Waals surface area contributed by atoms with Gasteiger partial charge < -0.3 is 41.3 Å². The van der Waals surface area contributed by atoms with E-state index in [1.807, 2.05) is 24.3 Å². The van der Waals surface area contributed by atoms with Crippen LogP contribution in [0, 0.1) is 0 Å². The van der Waals surface area contributed by atoms with Crippen LogP contribution in [0.25, 0.3) is 0 Å². The Balaban J connectivity index is 0.000000275. The van der Waals surface area contributed by atoms with E-state index < -0.39 is 11.9 Å². The van der Waals surface area contributed by atoms with E-state index in [9.17, 15) is 30.0 Å². The van der Waals surface area contributed by atoms with Crippen molar-refractivity contribution in [3.05, 3.63) is 184 Å². The Kier molecular flexibility index (Phi) is 23.8. The van der Waals surface area contributed by atoms with Crippen LogP contribution in [0.15, 0.2) is 166 Å². The van der Waals surface area contributed by atoms with Gasteiger partial charge in [0.1, 0.15) is 23.0 Å². The third-order valence-electron chi connectivity index (χ3n) is 8.77. The minimum absolute atomic E-state index is 0. The molecule has 7 rings (SSSR count). The summed E-state index contributed by atoms with van der Waals surface area (Å²) in [5, 5.41) is 61.8. The molecule has 0 unspecified atom stereocenters. The van der Waals surface area contributed by atoms with Gasteiger partial charge in [-0.25, -0.2) is 9.59 Å². The molecule has 1 aromatic heterocycles. The topological polar surface area (TPSA) is 268 Å². The number of benzene rings is 6. The minimum Gasteiger partial charge on any atom is -0.507 e. The number of carbonyl (C=O) groups is 2. The van der Waals surface area contributed by atoms with E-state index in [2.05, 4.69) is 45.6 Å². The maximum absolute atomic E-state index is 10.9. The van der Waals surface area contributed by atoms with Gasteiger partial charge in [-0.3, -0.25) is 20.0 Å². The normalized spacial score (nSPS) is 10.6. The number of halogens is 1. The number of aliphatic imine (C=N–C) groups is 4. The molecule has 0 atom stereocenters. The average Bonchev–Trinajstić information content (AvgIpc) is 3.31. The SMILES string of the molecule is O=C(O)c1ccc(Nc2nc(Cl)nc(Nc3ccc(C(=O)O)cc3)n2)cc1.Oc1ccccc1C=NCCN=Cc1ccccc1O.Oc1ccccc1C=NCCN=Cc1ccccc1O.[Cr].[Cr]. The zero-order valence-corrected chi connectivity index (χ0v) is 39.6. The maximum Gasteiger partial charge on any atom is 0.335 e. The number of phenols is 4. The van der Waals surface area contributed by atoms with Crippen molar-refractivity contribution in [3.63, 3.8) is 0 Å². The first-order valence-corrected chi connectivity index (χ1v) is 20.6. The first kappa shape index (κ1) is 55.4. The molecule has 69 heavy (non-hydrogen) atoms. The van der Waals surface area contributed by atoms with Crippen molar-refractivity contribution < 1.29 is 75.0 Å². The smallest absolute Gasteiger partial charge is 0.335 e. The molecule has 0 aliphatic rings. The second kappa shape index (κ2) is 29.7. The third-order valence-corrected chi connectivity index (χ3v) is 8.94. The van der Waals surface area contributed by atoms with Gasteiger partial charge in [-0.05, 0) is 109 Å². The molecule has 1 heterocycles. The fraction of sp³-hybridized carbons (Fsp3) is 0.0816. The number of hydrogen-bond acceptors (Lipinski definition) is 15. The fourth-order valence-corrected chi connectivity index (χ4v) is 5.54. The van der Waals surface area contributed by atoms with Crippen LogP contribution in [0.4, 0.5) is 23.3 Å². The molecule has 0 spiro atoms. The number of para-hydroxylation sites is 4. The summed E-state index contributed by atoms with van der Waals surface area (Å²) in [6.45, 7) is 2.10. The number of carboxylic acids is 2. The Morgan fingerprint density at radius 1 is 0.435 bits per heavy atom. The van der Waals surface area contributed by atoms with E-state index in [-0.39, 0.29) is 86.0 Å². The van der Waals surface area contributed by atoms with Crippen molar-refractivity contribution >= 4 is 71.7 Å². The second-order valence-corrected chi connectivity index (χ2v) is 14.0. The number of anilines is 4. The molecule has 8 N–H and O–H groups in total. The van der Waals surface area contributed by atoms with E-state index in [1.165, 1.54) is 24.3 Å². The van der Waals surface area contributed by atoms with Crippen molar-refractivity contribution in [2.45, 2.75) is 0 Å². The van der Waals surface area contributed by atoms with Gasteiger partial charge in [-0.15, -0.1) is 0 Å². The van der Waals surface area contributed by atoms with Gasteiger partial charge in [-0.1, -0.05) is 48.5 Å². The van der Waals surface area contributed by atoms with Crippen LogP contribution < -0.4 is 10.6 Å². The van der Waals surface area contributed by atoms with Crippen LogP contribution in [0.2, 0.25) is 5.28 Å². The molecule has 7 aromatic rings. The molecule has 6 aromatic carbocycles. The molecule has 0 radical (unpaired) electrons. The van der Waals surface area contributed by atoms with E-state index >= 15 is 0 Å². The minimum atomic E-state index is -1.02. The van der Waals surface area contributed by atoms with Gasteiger partial charge >= 0.3 is 11.9 Å². The van der Waals surface area contributed by atoms with Crippen LogP contribution in [0.3, 0.4) is 0 Å². The van der Waals surface area contributed by atoms with Crippen molar-refractivity contribution in [1.82, 2.24) is 15.0 Å². The molecular formula is C49H44ClCr2N9O8. The monoisotopic (exact) mass is 1030 g/mol. The number of hydrogen-bond donors (Lipinski definition) is 8. The molecule has 20 heteroatoms. The zero-order chi connectivity index (χ0) is 47.8. The maximum atomic E-state index is 10.9. The number of aromatic carboxylic acids is 2. The van der Waals surface area contributed by atoms with Crippen LogP contribution in [0.1, 0.15) is 43.0 Å². The molecule has 17 nitrogen and oxygen atoms in total. The summed E-state index contributed by atoms with van der Waals surface area (Å²) in [6.07, 6.45) is 6.52. The van der Waals surface area contributed by atoms with Crippen molar-refractivity contribution in [2.75, 3.05) is 36.8 Å². The van der Waals surface area contributed by atoms with E-state index in [4.69, 9.17) is 21.8 Å². The van der Waals surface area contributed by atoms with Gasteiger partial charge in [0, 0.05) is 93.2 Å². The van der Waals surface area contributed by atoms with Gasteiger partial charge in [-0.2, -0.15) is 15.0 Å². The Morgan fingerprint density at radius 3 is 0.942 bits per heavy atom. The van der Waals surface area contributed by atoms with E-state index in [0.29, 0.717) is 59.8 Å². The van der Waals surface area contributed by atoms with E-state index in [0.717, 1.165) is 0 Å². The number of aromatic hydroxyl groups is 4. The molecule has 0 bridgehead atoms. The molecule has 0 aliphatic carbocycles. The van der Waals surface area contributed by atoms with Gasteiger partial charge in [0.2, 0.25) is 17.2 Å². The molecule has 352 valence electrons. The Hall–Kier alpha value is -7.90. The number of nitrogens with zero attached hydrogens (tertiary/aromatic N) is 7. The number of phenolic OH excluding ortho intramolecular Hbond substituents is 4. The van der Waals surface area contributed by atoms with Crippen molar-refractivity contribution in [2.24, 2.45) is 20.0 Å². The second-order valence-electron chi connectivity index (χ2n) is 13.6. The van der Waals surface area contributed by atoms with Crippen LogP contribution in [-0.2, 0) is 34.7 Å². The Bertz CT molecular complexity index is 2550. The summed E-state index contributed by atoms with van der Waals surface area (Å²) in [6, 6.07) is 40.2. The first-order chi connectivity index (χ1) is 32.4. The van der Waals surface area contributed by atoms with Crippen molar-refractivity contribution in [1.29, 1.82) is 0 Å². The van der Waals surface area contributed by atoms with Gasteiger partial charge in [0.05, 0.1) is 37.3 Å². The largest absolute Gasteiger partial charge is 0.507 e. The molecular weight excluding hydrogens is 982 g/mol. The van der Waals surface area contributed by atoms with Gasteiger partial charge in [0.25, 0.3) is 0 Å². The fourth-order valence-electron chi connectivity index (χ4n) is 5.38. The summed E-state index contributed by atoms with van der Waals surface area (Å²) in [5.41, 5.74) is 4.21. The van der Waals surface area contributed by atoms with Gasteiger partial charge in [0.15, 0.2) is 0 Å². The summed E-state index contributed by atoms with van der Waals surface area (Å²) >= 11 is 5.92. The molecule has 0 amide bonds. The van der Waals surface area contributed by atoms with E-state index in [1.54, 1.807) is 122 Å². The molecule has 0 saturated carbocycles. The number of carboxylic acid groups (broad SMARTS) is 2. The van der Waals surface area contributed by atoms with Crippen molar-refractivity contribution in [3.8, 4) is 23.0 Å². The zero-order valence-electron chi connectivity index (χ0n) is 36.3. The average molecular weight is 1030 g/mol. The quantitative estimate of drug-likeness (QED) is 0.0333. The Morgan fingerprint density at radius 2 is 0.696 bits per heavy atom. The molecule has 0 fully saturated rings. The third kappa shape index (κ3) is 19.5. The first-order valence-electron chi connectivity index (χ1n) is 20.2. The Labute approximate surface area is 423 Å². The summed E-state index contributed by atoms with van der Waals surface area (Å²) in [7, 11) is 0. The predicted octanol–water partition coefficient (Wildman–Crippen LogP) is 8.68. The summed E-state index contributed by atoms with van der Waals surface area (Å²) in [5.74, 6) is -0.869. The molecule has 0 aliphatic heterocycles. The van der Waals surface area contributed by atoms with Crippen LogP contribution in [0.5, 0.6) is 23.0 Å². The molecule has 0 saturated heterocycles. The number of aromatic nitrogens is 3. The number of nitrogens with one attached hydrogen (secondary N) is 2. The standard InChI is InChI=1S/C17H12ClN5O4.2C16H16N2O2.2Cr/c18-15-21-16(19-11-5-1-9(2-6-11)13(24)25)23-17(22-15)20-12-7-3-10(4-8-12)14(26)27;2*19-15-7-3-1-5-13(15)11-17-9-10-18-12-14-6-2-4-8-16(14)20;;/h1-8H,(H,24,25)(H,26,27)(H2,19,20,21,22,23);2*1-8,11-12,19-20H,9-10H2;;. The van der Waals surface area contributed by atoms with Crippen LogP contribution >= 0.6 is 11.6 Å². The summed E-state index contributed by atoms with van der Waals surface area (Å²) in [4.78, 5) is 50.6. The number of rotatable bonds is 16. The van der Waals surface area contributed by atoms with Crippen LogP contribution in [-0.4, -0.2) is 109 Å².